The van der Waals surface area contributed by atoms with E-state index < -0.39 is 47.3 Å². The molecule has 0 aromatic carbocycles. The minimum absolute atomic E-state index is 0.188. The van der Waals surface area contributed by atoms with Gasteiger partial charge < -0.3 is 25.4 Å². The standard InChI is InChI=1S/C27H39N3O6S/c1-15-7-6-8-27(14-29)21(36-27)10-19(16(2)9-18-13-37-22(12-28)30-18)35-23(32)11-20(31)26(4,5)25(34)17(3)24(15)33/h9,13,15,17,19-21,24,31,33H,6-8,10-12,28H2,1-5H3/b16-9+/t15-,17+,19-,20-,21-,24-,27+/m0/s1. The highest BCUT2D eigenvalue weighted by molar-refractivity contribution is 7.09. The van der Waals surface area contributed by atoms with Gasteiger partial charge in [0.25, 0.3) is 0 Å². The lowest BCUT2D eigenvalue weighted by atomic mass is 9.73. The number of carbonyl (C=O) groups excluding carboxylic acids is 2. The van der Waals surface area contributed by atoms with Gasteiger partial charge in [0.05, 0.1) is 29.7 Å². The van der Waals surface area contributed by atoms with E-state index in [1.54, 1.807) is 20.8 Å². The van der Waals surface area contributed by atoms with Crippen LogP contribution in [0.3, 0.4) is 0 Å². The Hall–Kier alpha value is -2.16. The van der Waals surface area contributed by atoms with Crippen molar-refractivity contribution >= 4 is 29.2 Å². The van der Waals surface area contributed by atoms with Crippen LogP contribution in [0.25, 0.3) is 6.08 Å². The first kappa shape index (κ1) is 29.4. The molecule has 0 saturated carbocycles. The largest absolute Gasteiger partial charge is 0.458 e. The zero-order valence-corrected chi connectivity index (χ0v) is 23.1. The van der Waals surface area contributed by atoms with E-state index in [0.717, 1.165) is 10.6 Å². The number of hydrogen-bond donors (Lipinski definition) is 3. The lowest BCUT2D eigenvalue weighted by molar-refractivity contribution is -0.154. The number of epoxide rings is 1. The van der Waals surface area contributed by atoms with Gasteiger partial charge in [-0.05, 0) is 43.8 Å². The van der Waals surface area contributed by atoms with Crippen LogP contribution in [-0.2, 0) is 25.6 Å². The number of nitriles is 1. The molecular formula is C27H39N3O6S. The van der Waals surface area contributed by atoms with E-state index in [1.807, 2.05) is 25.3 Å². The maximum Gasteiger partial charge on any atom is 0.309 e. The number of hydrogen-bond acceptors (Lipinski definition) is 10. The van der Waals surface area contributed by atoms with E-state index in [9.17, 15) is 25.1 Å². The number of esters is 1. The molecule has 204 valence electrons. The van der Waals surface area contributed by atoms with Crippen molar-refractivity contribution < 1.29 is 29.3 Å². The molecule has 1 aromatic heterocycles. The highest BCUT2D eigenvalue weighted by atomic mass is 32.1. The van der Waals surface area contributed by atoms with E-state index in [2.05, 4.69) is 11.1 Å². The number of carbonyl (C=O) groups is 2. The van der Waals surface area contributed by atoms with Crippen molar-refractivity contribution in [3.8, 4) is 6.07 Å². The van der Waals surface area contributed by atoms with E-state index in [4.69, 9.17) is 15.2 Å². The summed E-state index contributed by atoms with van der Waals surface area (Å²) < 4.78 is 11.6. The van der Waals surface area contributed by atoms with Gasteiger partial charge in [-0.3, -0.25) is 9.59 Å². The van der Waals surface area contributed by atoms with Crippen LogP contribution in [0.1, 0.15) is 77.4 Å². The van der Waals surface area contributed by atoms with Crippen LogP contribution in [0.2, 0.25) is 0 Å². The number of nitrogens with two attached hydrogens (primary N) is 1. The van der Waals surface area contributed by atoms with Gasteiger partial charge in [-0.2, -0.15) is 5.26 Å². The van der Waals surface area contributed by atoms with Crippen molar-refractivity contribution in [1.29, 1.82) is 5.26 Å². The summed E-state index contributed by atoms with van der Waals surface area (Å²) in [6.07, 6.45) is 0.128. The van der Waals surface area contributed by atoms with Crippen molar-refractivity contribution in [2.75, 3.05) is 0 Å². The first-order valence-electron chi connectivity index (χ1n) is 12.9. The maximum atomic E-state index is 13.2. The number of fused-ring (bicyclic) bond motifs is 1. The third-order valence-electron chi connectivity index (χ3n) is 7.88. The Bertz CT molecular complexity index is 1060. The first-order valence-corrected chi connectivity index (χ1v) is 13.7. The Labute approximate surface area is 222 Å². The molecule has 10 heteroatoms. The highest BCUT2D eigenvalue weighted by Crippen LogP contribution is 2.45. The molecular weight excluding hydrogens is 494 g/mol. The molecule has 1 aromatic rings. The fourth-order valence-electron chi connectivity index (χ4n) is 5.04. The fraction of sp³-hybridized carbons (Fsp3) is 0.704. The summed E-state index contributed by atoms with van der Waals surface area (Å²) in [6, 6.07) is 2.28. The number of ether oxygens (including phenoxy) is 2. The molecule has 0 bridgehead atoms. The van der Waals surface area contributed by atoms with Crippen LogP contribution in [0.4, 0.5) is 0 Å². The molecule has 0 amide bonds. The summed E-state index contributed by atoms with van der Waals surface area (Å²) in [5.74, 6) is -1.89. The molecule has 0 radical (unpaired) electrons. The molecule has 3 heterocycles. The molecule has 4 N–H and O–H groups in total. The summed E-state index contributed by atoms with van der Waals surface area (Å²) in [4.78, 5) is 30.6. The number of thiazole rings is 1. The summed E-state index contributed by atoms with van der Waals surface area (Å²) in [7, 11) is 0. The molecule has 37 heavy (non-hydrogen) atoms. The molecule has 2 fully saturated rings. The third-order valence-corrected chi connectivity index (χ3v) is 8.77. The smallest absolute Gasteiger partial charge is 0.309 e. The lowest BCUT2D eigenvalue weighted by Crippen LogP contribution is -2.45. The minimum atomic E-state index is -1.30. The van der Waals surface area contributed by atoms with Gasteiger partial charge in [0.1, 0.15) is 29.1 Å². The van der Waals surface area contributed by atoms with Crippen LogP contribution in [-0.4, -0.2) is 57.0 Å². The topological polar surface area (TPSA) is 159 Å². The molecule has 2 aliphatic heterocycles. The number of aliphatic hydroxyl groups is 2. The van der Waals surface area contributed by atoms with Crippen molar-refractivity contribution in [3.05, 3.63) is 21.7 Å². The van der Waals surface area contributed by atoms with Crippen LogP contribution >= 0.6 is 11.3 Å². The Kier molecular flexibility index (Phi) is 9.30. The zero-order valence-electron chi connectivity index (χ0n) is 22.3. The lowest BCUT2D eigenvalue weighted by Gasteiger charge is -2.34. The number of ketones is 1. The van der Waals surface area contributed by atoms with Crippen molar-refractivity contribution in [1.82, 2.24) is 4.98 Å². The minimum Gasteiger partial charge on any atom is -0.458 e. The van der Waals surface area contributed by atoms with Gasteiger partial charge in [-0.1, -0.05) is 27.7 Å². The van der Waals surface area contributed by atoms with Gasteiger partial charge in [-0.25, -0.2) is 4.98 Å². The molecule has 9 nitrogen and oxygen atoms in total. The molecule has 0 spiro atoms. The second kappa shape index (κ2) is 11.7. The molecule has 3 rings (SSSR count). The number of aromatic nitrogens is 1. The van der Waals surface area contributed by atoms with Crippen LogP contribution in [0, 0.1) is 28.6 Å². The van der Waals surface area contributed by atoms with Crippen LogP contribution in [0.15, 0.2) is 11.0 Å². The number of rotatable bonds is 3. The van der Waals surface area contributed by atoms with E-state index in [0.29, 0.717) is 31.5 Å². The van der Waals surface area contributed by atoms with Crippen molar-refractivity contribution in [3.63, 3.8) is 0 Å². The predicted molar refractivity (Wildman–Crippen MR) is 139 cm³/mol. The van der Waals surface area contributed by atoms with E-state index in [1.165, 1.54) is 11.3 Å². The van der Waals surface area contributed by atoms with Crippen LogP contribution < -0.4 is 5.73 Å². The molecule has 0 aliphatic carbocycles. The summed E-state index contributed by atoms with van der Waals surface area (Å²) >= 11 is 1.44. The monoisotopic (exact) mass is 533 g/mol. The Morgan fingerprint density at radius 2 is 2.05 bits per heavy atom. The quantitative estimate of drug-likeness (QED) is 0.392. The van der Waals surface area contributed by atoms with E-state index in [-0.39, 0.29) is 24.5 Å². The first-order chi connectivity index (χ1) is 17.3. The number of Topliss-reactive ketones (excluding diaryl/α,β-unsaturated/α-hetero) is 1. The van der Waals surface area contributed by atoms with Gasteiger partial charge >= 0.3 is 5.97 Å². The second-order valence-electron chi connectivity index (χ2n) is 11.0. The molecule has 2 saturated heterocycles. The third kappa shape index (κ3) is 6.65. The fourth-order valence-corrected chi connectivity index (χ4v) is 5.67. The molecule has 7 atom stereocenters. The van der Waals surface area contributed by atoms with Crippen molar-refractivity contribution in [2.24, 2.45) is 23.0 Å². The van der Waals surface area contributed by atoms with Gasteiger partial charge in [-0.15, -0.1) is 11.3 Å². The van der Waals surface area contributed by atoms with Gasteiger partial charge in [0, 0.05) is 24.3 Å². The summed E-state index contributed by atoms with van der Waals surface area (Å²) in [5.41, 5.74) is 4.86. The zero-order chi connectivity index (χ0) is 27.5. The van der Waals surface area contributed by atoms with E-state index >= 15 is 0 Å². The highest BCUT2D eigenvalue weighted by Gasteiger charge is 2.57. The Morgan fingerprint density at radius 3 is 2.68 bits per heavy atom. The number of nitrogens with zero attached hydrogens (tertiary/aromatic N) is 2. The number of cyclic esters (lactones) is 1. The average Bonchev–Trinajstić information content (AvgIpc) is 3.34. The summed E-state index contributed by atoms with van der Waals surface area (Å²) in [5, 5.41) is 34.2. The maximum absolute atomic E-state index is 13.2. The van der Waals surface area contributed by atoms with Gasteiger partial charge in [0.2, 0.25) is 0 Å². The number of aliphatic hydroxyl groups excluding tert-OH is 2. The summed E-state index contributed by atoms with van der Waals surface area (Å²) in [6.45, 7) is 8.85. The van der Waals surface area contributed by atoms with Crippen molar-refractivity contribution in [2.45, 2.75) is 103 Å². The Morgan fingerprint density at radius 1 is 1.35 bits per heavy atom. The Balaban J connectivity index is 1.89. The normalized spacial score (nSPS) is 35.8. The van der Waals surface area contributed by atoms with Crippen LogP contribution in [0.5, 0.6) is 0 Å². The SMILES string of the molecule is C/C(=C\c1csc(CN)n1)[C@@H]1C[C@@H]2O[C@@]2(C#N)CCC[C@H](C)[C@H](O)[C@@H](C)C(=O)C(C)(C)[C@@H](O)CC(=O)O1. The second-order valence-corrected chi connectivity index (χ2v) is 12.0. The average molecular weight is 534 g/mol. The molecule has 0 unspecified atom stereocenters. The van der Waals surface area contributed by atoms with Gasteiger partial charge in [0.15, 0.2) is 5.60 Å². The molecule has 2 aliphatic rings. The predicted octanol–water partition coefficient (Wildman–Crippen LogP) is 3.13.